The average Bonchev–Trinajstić information content (AvgIpc) is 2.99. The van der Waals surface area contributed by atoms with E-state index in [2.05, 4.69) is 15.5 Å². The highest BCUT2D eigenvalue weighted by atomic mass is 32.2. The van der Waals surface area contributed by atoms with Gasteiger partial charge in [0.25, 0.3) is 0 Å². The van der Waals surface area contributed by atoms with Gasteiger partial charge in [-0.05, 0) is 41.1 Å². The molecule has 0 bridgehead atoms. The van der Waals surface area contributed by atoms with E-state index < -0.39 is 5.97 Å². The molecule has 8 heteroatoms. The predicted octanol–water partition coefficient (Wildman–Crippen LogP) is 7.09. The Morgan fingerprint density at radius 2 is 1.57 bits per heavy atom. The number of carbonyl (C=O) groups excluding carboxylic acids is 2. The second-order valence-corrected chi connectivity index (χ2v) is 9.53. The van der Waals surface area contributed by atoms with Crippen molar-refractivity contribution in [2.75, 3.05) is 27.0 Å². The summed E-state index contributed by atoms with van der Waals surface area (Å²) in [6.45, 7) is 10.6. The number of fused-ring (bicyclic) bond motifs is 1. The second-order valence-electron chi connectivity index (χ2n) is 8.14. The van der Waals surface area contributed by atoms with Gasteiger partial charge in [-0.25, -0.2) is 0 Å². The lowest BCUT2D eigenvalue weighted by Crippen LogP contribution is -2.49. The van der Waals surface area contributed by atoms with E-state index in [9.17, 15) is 14.4 Å². The largest absolute Gasteiger partial charge is 0.481 e. The topological polar surface area (TPSA) is 98.7 Å². The zero-order valence-corrected chi connectivity index (χ0v) is 25.0. The fraction of sp³-hybridized carbons (Fsp3) is 0.344. The molecule has 0 radical (unpaired) electrons. The Hall–Kier alpha value is -3.78. The van der Waals surface area contributed by atoms with Gasteiger partial charge in [-0.3, -0.25) is 14.4 Å². The fourth-order valence-electron chi connectivity index (χ4n) is 3.87. The third kappa shape index (κ3) is 11.5. The molecule has 0 fully saturated rings. The summed E-state index contributed by atoms with van der Waals surface area (Å²) >= 11 is 1.66. The number of nitrogens with one attached hydrogen (secondary N) is 2. The van der Waals surface area contributed by atoms with Gasteiger partial charge in [-0.2, -0.15) is 11.8 Å². The van der Waals surface area contributed by atoms with Crippen LogP contribution in [0.5, 0.6) is 0 Å². The van der Waals surface area contributed by atoms with Crippen molar-refractivity contribution >= 4 is 47.1 Å². The normalized spacial score (nSPS) is 13.0. The molecule has 40 heavy (non-hydrogen) atoms. The summed E-state index contributed by atoms with van der Waals surface area (Å²) in [5.74, 6) is 1.05. The van der Waals surface area contributed by atoms with Gasteiger partial charge in [-0.15, -0.1) is 0 Å². The zero-order valence-electron chi connectivity index (χ0n) is 24.2. The number of hydrogen-bond acceptors (Lipinski definition) is 5. The number of nitrogens with zero attached hydrogens (tertiary/aromatic N) is 1. The summed E-state index contributed by atoms with van der Waals surface area (Å²) < 4.78 is 0. The first-order chi connectivity index (χ1) is 19.5. The molecule has 3 aromatic rings. The molecule has 3 aromatic carbocycles. The highest BCUT2D eigenvalue weighted by molar-refractivity contribution is 7.99. The van der Waals surface area contributed by atoms with Crippen LogP contribution >= 0.6 is 11.8 Å². The van der Waals surface area contributed by atoms with Gasteiger partial charge in [0.05, 0.1) is 17.8 Å². The van der Waals surface area contributed by atoms with Crippen molar-refractivity contribution in [3.63, 3.8) is 0 Å². The van der Waals surface area contributed by atoms with Gasteiger partial charge in [0, 0.05) is 24.4 Å². The molecule has 0 spiro atoms. The van der Waals surface area contributed by atoms with Crippen LogP contribution in [-0.4, -0.2) is 40.9 Å². The fourth-order valence-corrected chi connectivity index (χ4v) is 4.47. The zero-order chi connectivity index (χ0) is 29.8. The van der Waals surface area contributed by atoms with Crippen LogP contribution in [0.3, 0.4) is 0 Å². The first kappa shape index (κ1) is 34.2. The smallest absolute Gasteiger partial charge is 0.304 e. The molecule has 2 amide bonds. The second kappa shape index (κ2) is 20.2. The van der Waals surface area contributed by atoms with E-state index in [1.807, 2.05) is 113 Å². The average molecular weight is 566 g/mol. The van der Waals surface area contributed by atoms with Crippen molar-refractivity contribution < 1.29 is 19.5 Å². The van der Waals surface area contributed by atoms with Crippen molar-refractivity contribution in [1.29, 1.82) is 0 Å². The number of carboxylic acid groups (broad SMARTS) is 1. The number of hydrogen-bond donors (Lipinski definition) is 3. The molecule has 216 valence electrons. The molecule has 4 rings (SSSR count). The van der Waals surface area contributed by atoms with Gasteiger partial charge in [0.15, 0.2) is 0 Å². The van der Waals surface area contributed by atoms with Crippen molar-refractivity contribution in [2.45, 2.75) is 60.0 Å². The van der Waals surface area contributed by atoms with Gasteiger partial charge >= 0.3 is 5.97 Å². The molecular formula is C32H43N3O4S. The van der Waals surface area contributed by atoms with Crippen LogP contribution in [0.15, 0.2) is 78.9 Å². The summed E-state index contributed by atoms with van der Waals surface area (Å²) in [7, 11) is 0. The first-order valence-corrected chi connectivity index (χ1v) is 15.0. The maximum atomic E-state index is 12.9. The SMILES string of the molecule is CC.CC.CCSCCC(=O)O.O=CNc1ccc(CN2c3ccccc3NC(=O)C2Cc2ccccc2)cc1. The molecule has 0 aromatic heterocycles. The minimum absolute atomic E-state index is 0.00166. The van der Waals surface area contributed by atoms with E-state index >= 15 is 0 Å². The number of carbonyl (C=O) groups is 3. The van der Waals surface area contributed by atoms with E-state index in [4.69, 9.17) is 5.11 Å². The van der Waals surface area contributed by atoms with E-state index in [1.165, 1.54) is 0 Å². The van der Waals surface area contributed by atoms with Crippen LogP contribution in [0, 0.1) is 0 Å². The van der Waals surface area contributed by atoms with E-state index in [-0.39, 0.29) is 11.9 Å². The highest BCUT2D eigenvalue weighted by Crippen LogP contribution is 2.34. The van der Waals surface area contributed by atoms with Crippen molar-refractivity contribution in [1.82, 2.24) is 0 Å². The summed E-state index contributed by atoms with van der Waals surface area (Å²) in [6.07, 6.45) is 1.58. The number of carboxylic acids is 1. The Morgan fingerprint density at radius 1 is 0.950 bits per heavy atom. The lowest BCUT2D eigenvalue weighted by Gasteiger charge is -2.38. The van der Waals surface area contributed by atoms with Crippen molar-refractivity contribution in [2.24, 2.45) is 0 Å². The lowest BCUT2D eigenvalue weighted by atomic mass is 9.99. The molecule has 1 aliphatic rings. The van der Waals surface area contributed by atoms with Crippen LogP contribution in [0.1, 0.15) is 52.2 Å². The van der Waals surface area contributed by atoms with Gasteiger partial charge in [0.2, 0.25) is 12.3 Å². The molecule has 0 saturated heterocycles. The molecule has 0 saturated carbocycles. The van der Waals surface area contributed by atoms with E-state index in [0.717, 1.165) is 39.7 Å². The van der Waals surface area contributed by atoms with E-state index in [1.54, 1.807) is 11.8 Å². The molecule has 3 N–H and O–H groups in total. The Morgan fingerprint density at radius 3 is 2.17 bits per heavy atom. The van der Waals surface area contributed by atoms with Crippen LogP contribution in [0.25, 0.3) is 0 Å². The number of thioether (sulfide) groups is 1. The number of amides is 2. The third-order valence-corrected chi connectivity index (χ3v) is 6.52. The summed E-state index contributed by atoms with van der Waals surface area (Å²) in [4.78, 5) is 35.5. The summed E-state index contributed by atoms with van der Waals surface area (Å²) in [5.41, 5.74) is 4.78. The Balaban J connectivity index is 0.000000571. The quantitative estimate of drug-likeness (QED) is 0.179. The maximum Gasteiger partial charge on any atom is 0.304 e. The Bertz CT molecular complexity index is 1140. The standard InChI is InChI=1S/C23H21N3O2.C5H10O2S.2C2H6/c27-16-24-19-12-10-18(11-13-19)15-26-21-9-5-4-8-20(21)25-23(28)22(26)14-17-6-2-1-3-7-17;1-2-8-4-3-5(6)7;2*1-2/h1-13,16,22H,14-15H2,(H,24,27)(H,25,28);2-4H2,1H3,(H,6,7);2*1-2H3. The number of benzene rings is 3. The minimum Gasteiger partial charge on any atom is -0.481 e. The number of rotatable bonds is 10. The highest BCUT2D eigenvalue weighted by Gasteiger charge is 2.32. The Labute approximate surface area is 243 Å². The molecule has 7 nitrogen and oxygen atoms in total. The number of anilines is 3. The van der Waals surface area contributed by atoms with E-state index in [0.29, 0.717) is 25.8 Å². The summed E-state index contributed by atoms with van der Waals surface area (Å²) in [5, 5.41) is 13.8. The van der Waals surface area contributed by atoms with Crippen molar-refractivity contribution in [3.05, 3.63) is 90.0 Å². The first-order valence-electron chi connectivity index (χ1n) is 13.8. The van der Waals surface area contributed by atoms with Crippen LogP contribution in [0.4, 0.5) is 17.1 Å². The van der Waals surface area contributed by atoms with Gasteiger partial charge in [0.1, 0.15) is 6.04 Å². The number of para-hydroxylation sites is 2. The van der Waals surface area contributed by atoms with Gasteiger partial charge in [-0.1, -0.05) is 89.2 Å². The van der Waals surface area contributed by atoms with Crippen LogP contribution in [-0.2, 0) is 27.3 Å². The molecule has 1 aliphatic heterocycles. The van der Waals surface area contributed by atoms with Crippen molar-refractivity contribution in [3.8, 4) is 0 Å². The molecule has 1 heterocycles. The Kier molecular flexibility index (Phi) is 17.3. The third-order valence-electron chi connectivity index (χ3n) is 5.62. The maximum absolute atomic E-state index is 12.9. The molecule has 0 aliphatic carbocycles. The minimum atomic E-state index is -0.703. The van der Waals surface area contributed by atoms with Crippen LogP contribution < -0.4 is 15.5 Å². The molecular weight excluding hydrogens is 522 g/mol. The van der Waals surface area contributed by atoms with Gasteiger partial charge < -0.3 is 20.6 Å². The monoisotopic (exact) mass is 565 g/mol. The molecule has 1 unspecified atom stereocenters. The molecule has 1 atom stereocenters. The summed E-state index contributed by atoms with van der Waals surface area (Å²) in [6, 6.07) is 25.3. The predicted molar refractivity (Wildman–Crippen MR) is 169 cm³/mol. The number of aliphatic carboxylic acids is 1. The lowest BCUT2D eigenvalue weighted by molar-refractivity contribution is -0.136. The van der Waals surface area contributed by atoms with Crippen LogP contribution in [0.2, 0.25) is 0 Å².